The van der Waals surface area contributed by atoms with E-state index in [0.717, 1.165) is 12.0 Å². The maximum Gasteiger partial charge on any atom is 0.140 e. The van der Waals surface area contributed by atoms with Crippen LogP contribution in [0.4, 0.5) is 0 Å². The lowest BCUT2D eigenvalue weighted by atomic mass is 9.94. The third kappa shape index (κ3) is 2.77. The standard InChI is InChI=1S/C16H19NO/c1-12(9-10-17)16(18)11-14-7-4-6-13-5-2-3-8-15(13)14/h2-8,12H,9-11,17H2,1H3. The Morgan fingerprint density at radius 2 is 1.89 bits per heavy atom. The van der Waals surface area contributed by atoms with Crippen LogP contribution in [-0.2, 0) is 11.2 Å². The summed E-state index contributed by atoms with van der Waals surface area (Å²) in [5.74, 6) is 0.325. The number of hydrogen-bond acceptors (Lipinski definition) is 2. The van der Waals surface area contributed by atoms with Gasteiger partial charge >= 0.3 is 0 Å². The molecule has 0 amide bonds. The normalized spacial score (nSPS) is 12.6. The molecule has 0 heterocycles. The van der Waals surface area contributed by atoms with E-state index in [9.17, 15) is 4.79 Å². The van der Waals surface area contributed by atoms with Crippen LogP contribution >= 0.6 is 0 Å². The van der Waals surface area contributed by atoms with Gasteiger partial charge in [0.05, 0.1) is 0 Å². The Kier molecular flexibility index (Phi) is 4.11. The summed E-state index contributed by atoms with van der Waals surface area (Å²) in [7, 11) is 0. The van der Waals surface area contributed by atoms with E-state index in [1.165, 1.54) is 10.8 Å². The van der Waals surface area contributed by atoms with E-state index in [1.54, 1.807) is 0 Å². The first kappa shape index (κ1) is 12.8. The van der Waals surface area contributed by atoms with E-state index < -0.39 is 0 Å². The zero-order chi connectivity index (χ0) is 13.0. The number of benzene rings is 2. The van der Waals surface area contributed by atoms with Crippen molar-refractivity contribution in [2.45, 2.75) is 19.8 Å². The average Bonchev–Trinajstić information content (AvgIpc) is 2.39. The number of nitrogens with two attached hydrogens (primary N) is 1. The van der Waals surface area contributed by atoms with Crippen LogP contribution in [0.25, 0.3) is 10.8 Å². The molecule has 1 atom stereocenters. The fraction of sp³-hybridized carbons (Fsp3) is 0.312. The maximum atomic E-state index is 12.1. The summed E-state index contributed by atoms with van der Waals surface area (Å²) >= 11 is 0. The molecule has 0 aromatic heterocycles. The lowest BCUT2D eigenvalue weighted by Crippen LogP contribution is -2.17. The van der Waals surface area contributed by atoms with Crippen molar-refractivity contribution in [3.8, 4) is 0 Å². The van der Waals surface area contributed by atoms with Crippen LogP contribution in [0.3, 0.4) is 0 Å². The minimum atomic E-state index is 0.0500. The van der Waals surface area contributed by atoms with E-state index >= 15 is 0 Å². The highest BCUT2D eigenvalue weighted by Crippen LogP contribution is 2.20. The van der Waals surface area contributed by atoms with Gasteiger partial charge in [0.25, 0.3) is 0 Å². The first-order valence-corrected chi connectivity index (χ1v) is 6.42. The molecule has 0 radical (unpaired) electrons. The number of hydrogen-bond donors (Lipinski definition) is 1. The third-order valence-electron chi connectivity index (χ3n) is 3.39. The number of ketones is 1. The van der Waals surface area contributed by atoms with Crippen LogP contribution in [-0.4, -0.2) is 12.3 Å². The van der Waals surface area contributed by atoms with Crippen LogP contribution in [0.15, 0.2) is 42.5 Å². The minimum Gasteiger partial charge on any atom is -0.330 e. The number of Topliss-reactive ketones (excluding diaryl/α,β-unsaturated/α-hetero) is 1. The molecule has 0 spiro atoms. The van der Waals surface area contributed by atoms with E-state index in [-0.39, 0.29) is 11.7 Å². The summed E-state index contributed by atoms with van der Waals surface area (Å²) in [6.45, 7) is 2.53. The molecule has 0 aliphatic carbocycles. The van der Waals surface area contributed by atoms with Gasteiger partial charge in [0.2, 0.25) is 0 Å². The van der Waals surface area contributed by atoms with Gasteiger partial charge in [-0.15, -0.1) is 0 Å². The van der Waals surface area contributed by atoms with Crippen LogP contribution in [0.5, 0.6) is 0 Å². The molecule has 2 rings (SSSR count). The van der Waals surface area contributed by atoms with E-state index in [4.69, 9.17) is 5.73 Å². The van der Waals surface area contributed by atoms with Gasteiger partial charge in [-0.25, -0.2) is 0 Å². The van der Waals surface area contributed by atoms with Crippen LogP contribution in [0.2, 0.25) is 0 Å². The molecule has 2 nitrogen and oxygen atoms in total. The predicted molar refractivity (Wildman–Crippen MR) is 75.5 cm³/mol. The third-order valence-corrected chi connectivity index (χ3v) is 3.39. The SMILES string of the molecule is CC(CCN)C(=O)Cc1cccc2ccccc12. The highest BCUT2D eigenvalue weighted by Gasteiger charge is 2.13. The molecule has 2 aromatic rings. The fourth-order valence-electron chi connectivity index (χ4n) is 2.22. The Morgan fingerprint density at radius 3 is 2.67 bits per heavy atom. The minimum absolute atomic E-state index is 0.0500. The highest BCUT2D eigenvalue weighted by molar-refractivity contribution is 5.91. The fourth-order valence-corrected chi connectivity index (χ4v) is 2.22. The number of rotatable bonds is 5. The van der Waals surface area contributed by atoms with E-state index in [0.29, 0.717) is 13.0 Å². The lowest BCUT2D eigenvalue weighted by Gasteiger charge is -2.10. The summed E-state index contributed by atoms with van der Waals surface area (Å²) in [5, 5.41) is 2.36. The first-order chi connectivity index (χ1) is 8.72. The molecule has 2 heteroatoms. The molecule has 0 saturated carbocycles. The largest absolute Gasteiger partial charge is 0.330 e. The van der Waals surface area contributed by atoms with Crippen LogP contribution < -0.4 is 5.73 Å². The highest BCUT2D eigenvalue weighted by atomic mass is 16.1. The Balaban J connectivity index is 2.24. The molecular weight excluding hydrogens is 222 g/mol. The van der Waals surface area contributed by atoms with Gasteiger partial charge in [0.15, 0.2) is 0 Å². The molecule has 0 aliphatic rings. The van der Waals surface area contributed by atoms with Gasteiger partial charge in [0.1, 0.15) is 5.78 Å². The smallest absolute Gasteiger partial charge is 0.140 e. The van der Waals surface area contributed by atoms with E-state index in [1.807, 2.05) is 31.2 Å². The maximum absolute atomic E-state index is 12.1. The predicted octanol–water partition coefficient (Wildman–Crippen LogP) is 2.94. The molecule has 0 saturated heterocycles. The molecule has 2 aromatic carbocycles. The van der Waals surface area contributed by atoms with Gasteiger partial charge in [-0.1, -0.05) is 49.4 Å². The molecular formula is C16H19NO. The number of fused-ring (bicyclic) bond motifs is 1. The zero-order valence-corrected chi connectivity index (χ0v) is 10.7. The summed E-state index contributed by atoms with van der Waals surface area (Å²) < 4.78 is 0. The van der Waals surface area contributed by atoms with Crippen molar-refractivity contribution in [3.63, 3.8) is 0 Å². The Labute approximate surface area is 108 Å². The van der Waals surface area contributed by atoms with Crippen molar-refractivity contribution in [2.24, 2.45) is 11.7 Å². The second-order valence-corrected chi connectivity index (χ2v) is 4.76. The van der Waals surface area contributed by atoms with E-state index in [2.05, 4.69) is 18.2 Å². The number of carbonyl (C=O) groups is 1. The Bertz CT molecular complexity index is 542. The lowest BCUT2D eigenvalue weighted by molar-refractivity contribution is -0.121. The molecule has 18 heavy (non-hydrogen) atoms. The molecule has 0 fully saturated rings. The first-order valence-electron chi connectivity index (χ1n) is 6.42. The monoisotopic (exact) mass is 241 g/mol. The Hall–Kier alpha value is -1.67. The topological polar surface area (TPSA) is 43.1 Å². The van der Waals surface area contributed by atoms with Gasteiger partial charge in [-0.3, -0.25) is 4.79 Å². The number of carbonyl (C=O) groups excluding carboxylic acids is 1. The van der Waals surface area contributed by atoms with Crippen molar-refractivity contribution in [1.29, 1.82) is 0 Å². The molecule has 1 unspecified atom stereocenters. The van der Waals surface area contributed by atoms with Crippen LogP contribution in [0.1, 0.15) is 18.9 Å². The van der Waals surface area contributed by atoms with Crippen molar-refractivity contribution in [1.82, 2.24) is 0 Å². The van der Waals surface area contributed by atoms with Gasteiger partial charge < -0.3 is 5.73 Å². The molecule has 94 valence electrons. The van der Waals surface area contributed by atoms with Gasteiger partial charge in [-0.2, -0.15) is 0 Å². The van der Waals surface area contributed by atoms with Gasteiger partial charge in [-0.05, 0) is 29.3 Å². The van der Waals surface area contributed by atoms with Crippen LogP contribution in [0, 0.1) is 5.92 Å². The molecule has 0 bridgehead atoms. The summed E-state index contributed by atoms with van der Waals surface area (Å²) in [6, 6.07) is 14.3. The van der Waals surface area contributed by atoms with Crippen molar-refractivity contribution < 1.29 is 4.79 Å². The Morgan fingerprint density at radius 1 is 1.17 bits per heavy atom. The van der Waals surface area contributed by atoms with Crippen molar-refractivity contribution >= 4 is 16.6 Å². The second kappa shape index (κ2) is 5.78. The van der Waals surface area contributed by atoms with Gasteiger partial charge in [0, 0.05) is 12.3 Å². The summed E-state index contributed by atoms with van der Waals surface area (Å²) in [5.41, 5.74) is 6.61. The quantitative estimate of drug-likeness (QED) is 0.874. The van der Waals surface area contributed by atoms with Crippen molar-refractivity contribution in [3.05, 3.63) is 48.0 Å². The summed E-state index contributed by atoms with van der Waals surface area (Å²) in [4.78, 5) is 12.1. The zero-order valence-electron chi connectivity index (χ0n) is 10.7. The second-order valence-electron chi connectivity index (χ2n) is 4.76. The summed E-state index contributed by atoms with van der Waals surface area (Å²) in [6.07, 6.45) is 1.27. The molecule has 2 N–H and O–H groups in total. The average molecular weight is 241 g/mol. The molecule has 0 aliphatic heterocycles. The van der Waals surface area contributed by atoms with Crippen molar-refractivity contribution in [2.75, 3.05) is 6.54 Å².